The van der Waals surface area contributed by atoms with Crippen LogP contribution in [0.3, 0.4) is 0 Å². The summed E-state index contributed by atoms with van der Waals surface area (Å²) in [5, 5.41) is 5.37. The van der Waals surface area contributed by atoms with Gasteiger partial charge in [0.1, 0.15) is 5.82 Å². The lowest BCUT2D eigenvalue weighted by Crippen LogP contribution is -2.25. The molecule has 1 N–H and O–H groups in total. The van der Waals surface area contributed by atoms with Gasteiger partial charge in [0.25, 0.3) is 0 Å². The Balaban J connectivity index is 1.80. The average molecular weight is 440 g/mol. The monoisotopic (exact) mass is 439 g/mol. The largest absolute Gasteiger partial charge is 0.382 e. The van der Waals surface area contributed by atoms with Gasteiger partial charge in [0, 0.05) is 22.1 Å². The Morgan fingerprint density at radius 1 is 1.10 bits per heavy atom. The van der Waals surface area contributed by atoms with Crippen molar-refractivity contribution in [3.63, 3.8) is 0 Å². The summed E-state index contributed by atoms with van der Waals surface area (Å²) in [6.07, 6.45) is 6.02. The zero-order valence-electron chi connectivity index (χ0n) is 18.5. The maximum absolute atomic E-state index is 13.5. The number of halogens is 2. The normalized spacial score (nSPS) is 12.7. The fourth-order valence-corrected chi connectivity index (χ4v) is 3.88. The second-order valence-electron chi connectivity index (χ2n) is 7.86. The van der Waals surface area contributed by atoms with Crippen LogP contribution >= 0.6 is 11.6 Å². The van der Waals surface area contributed by atoms with E-state index in [2.05, 4.69) is 31.0 Å². The van der Waals surface area contributed by atoms with Crippen LogP contribution in [0, 0.1) is 5.82 Å². The van der Waals surface area contributed by atoms with Crippen molar-refractivity contribution in [2.75, 3.05) is 25.0 Å². The van der Waals surface area contributed by atoms with Gasteiger partial charge in [-0.1, -0.05) is 43.7 Å². The number of nitrogens with zero attached hydrogens (tertiary/aromatic N) is 2. The first kappa shape index (κ1) is 23.2. The molecule has 0 amide bonds. The molecule has 0 aliphatic heterocycles. The van der Waals surface area contributed by atoms with Crippen LogP contribution < -0.4 is 5.32 Å². The Hall–Kier alpha value is -2.43. The molecule has 0 bridgehead atoms. The van der Waals surface area contributed by atoms with Crippen LogP contribution in [-0.4, -0.2) is 35.6 Å². The summed E-state index contributed by atoms with van der Waals surface area (Å²) in [7, 11) is 0. The molecule has 3 aromatic rings. The first-order chi connectivity index (χ1) is 15.0. The van der Waals surface area contributed by atoms with E-state index in [1.54, 1.807) is 6.07 Å². The topological polar surface area (TPSA) is 28.2 Å². The lowest BCUT2D eigenvalue weighted by molar-refractivity contribution is 0.295. The van der Waals surface area contributed by atoms with Crippen LogP contribution in [0.2, 0.25) is 5.02 Å². The number of rotatable bonds is 10. The van der Waals surface area contributed by atoms with E-state index in [1.165, 1.54) is 12.1 Å². The minimum absolute atomic E-state index is 0.249. The van der Waals surface area contributed by atoms with Gasteiger partial charge in [-0.3, -0.25) is 0 Å². The Bertz CT molecular complexity index is 1030. The summed E-state index contributed by atoms with van der Waals surface area (Å²) in [4.78, 5) is 7.19. The number of fused-ring (bicyclic) bond motifs is 1. The fraction of sp³-hybridized carbons (Fsp3) is 0.346. The van der Waals surface area contributed by atoms with Crippen LogP contribution in [0.5, 0.6) is 0 Å². The van der Waals surface area contributed by atoms with Crippen molar-refractivity contribution in [1.29, 1.82) is 0 Å². The molecule has 3 nitrogen and oxygen atoms in total. The minimum atomic E-state index is -0.249. The smallest absolute Gasteiger partial charge is 0.123 e. The Morgan fingerprint density at radius 2 is 1.90 bits per heavy atom. The standard InChI is InChI=1S/C26H31ClFN3/c1-4-31(5-2)15-7-8-19(3)29-26-18-23(13-11-20-9-6-10-22(28)16-20)30-25-17-21(27)12-14-24(25)26/h6,9-14,16-19H,4-5,7-8,15H2,1-3H3,(H,29,30). The van der Waals surface area contributed by atoms with Gasteiger partial charge in [0.15, 0.2) is 0 Å². The van der Waals surface area contributed by atoms with Crippen LogP contribution in [0.25, 0.3) is 23.1 Å². The number of anilines is 1. The van der Waals surface area contributed by atoms with E-state index in [9.17, 15) is 4.39 Å². The Labute approximate surface area is 189 Å². The van der Waals surface area contributed by atoms with Gasteiger partial charge in [-0.15, -0.1) is 0 Å². The summed E-state index contributed by atoms with van der Waals surface area (Å²) in [6, 6.07) is 14.7. The van der Waals surface area contributed by atoms with Crippen molar-refractivity contribution in [2.24, 2.45) is 0 Å². The summed E-state index contributed by atoms with van der Waals surface area (Å²) in [6.45, 7) is 9.93. The highest BCUT2D eigenvalue weighted by molar-refractivity contribution is 6.31. The second-order valence-corrected chi connectivity index (χ2v) is 8.30. The van der Waals surface area contributed by atoms with Gasteiger partial charge in [0.2, 0.25) is 0 Å². The van der Waals surface area contributed by atoms with E-state index < -0.39 is 0 Å². The molecule has 0 spiro atoms. The molecule has 0 aliphatic rings. The second kappa shape index (κ2) is 11.3. The molecule has 0 fully saturated rings. The van der Waals surface area contributed by atoms with Crippen LogP contribution in [0.4, 0.5) is 10.1 Å². The van der Waals surface area contributed by atoms with E-state index in [1.807, 2.05) is 42.5 Å². The number of nitrogens with one attached hydrogen (secondary N) is 1. The van der Waals surface area contributed by atoms with E-state index in [-0.39, 0.29) is 5.82 Å². The SMILES string of the molecule is CCN(CC)CCCC(C)Nc1cc(C=Cc2cccc(F)c2)nc2cc(Cl)ccc12. The average Bonchev–Trinajstić information content (AvgIpc) is 2.75. The van der Waals surface area contributed by atoms with Gasteiger partial charge in [-0.05, 0) is 87.4 Å². The first-order valence-electron chi connectivity index (χ1n) is 11.0. The highest BCUT2D eigenvalue weighted by atomic mass is 35.5. The Morgan fingerprint density at radius 3 is 2.65 bits per heavy atom. The van der Waals surface area contributed by atoms with Crippen molar-refractivity contribution < 1.29 is 4.39 Å². The highest BCUT2D eigenvalue weighted by Gasteiger charge is 2.10. The van der Waals surface area contributed by atoms with Crippen molar-refractivity contribution in [3.8, 4) is 0 Å². The van der Waals surface area contributed by atoms with E-state index >= 15 is 0 Å². The zero-order valence-corrected chi connectivity index (χ0v) is 19.3. The minimum Gasteiger partial charge on any atom is -0.382 e. The molecule has 1 heterocycles. The third-order valence-electron chi connectivity index (χ3n) is 5.49. The van der Waals surface area contributed by atoms with Crippen molar-refractivity contribution in [2.45, 2.75) is 39.7 Å². The molecule has 1 unspecified atom stereocenters. The third kappa shape index (κ3) is 6.78. The molecule has 31 heavy (non-hydrogen) atoms. The molecule has 164 valence electrons. The quantitative estimate of drug-likeness (QED) is 0.364. The van der Waals surface area contributed by atoms with Crippen LogP contribution in [-0.2, 0) is 0 Å². The number of hydrogen-bond donors (Lipinski definition) is 1. The predicted octanol–water partition coefficient (Wildman–Crippen LogP) is 7.12. The highest BCUT2D eigenvalue weighted by Crippen LogP contribution is 2.28. The molecule has 0 saturated carbocycles. The molecule has 1 atom stereocenters. The first-order valence-corrected chi connectivity index (χ1v) is 11.4. The number of hydrogen-bond acceptors (Lipinski definition) is 3. The van der Waals surface area contributed by atoms with Crippen LogP contribution in [0.15, 0.2) is 48.5 Å². The molecule has 0 aliphatic carbocycles. The van der Waals surface area contributed by atoms with Gasteiger partial charge in [0.05, 0.1) is 11.2 Å². The summed E-state index contributed by atoms with van der Waals surface area (Å²) in [5.41, 5.74) is 3.48. The Kier molecular flexibility index (Phi) is 8.44. The van der Waals surface area contributed by atoms with Gasteiger partial charge in [-0.25, -0.2) is 9.37 Å². The molecule has 0 radical (unpaired) electrons. The lowest BCUT2D eigenvalue weighted by Gasteiger charge is -2.21. The molecular weight excluding hydrogens is 409 g/mol. The van der Waals surface area contributed by atoms with Crippen molar-refractivity contribution >= 4 is 40.3 Å². The van der Waals surface area contributed by atoms with Gasteiger partial charge < -0.3 is 10.2 Å². The molecule has 5 heteroatoms. The summed E-state index contributed by atoms with van der Waals surface area (Å²) >= 11 is 6.22. The molecular formula is C26H31ClFN3. The zero-order chi connectivity index (χ0) is 22.2. The maximum atomic E-state index is 13.5. The van der Waals surface area contributed by atoms with E-state index in [4.69, 9.17) is 16.6 Å². The van der Waals surface area contributed by atoms with Crippen molar-refractivity contribution in [3.05, 3.63) is 70.6 Å². The summed E-state index contributed by atoms with van der Waals surface area (Å²) < 4.78 is 13.5. The maximum Gasteiger partial charge on any atom is 0.123 e. The fourth-order valence-electron chi connectivity index (χ4n) is 3.72. The van der Waals surface area contributed by atoms with E-state index in [0.29, 0.717) is 11.1 Å². The molecule has 0 saturated heterocycles. The molecule has 3 rings (SSSR count). The molecule has 2 aromatic carbocycles. The lowest BCUT2D eigenvalue weighted by atomic mass is 10.1. The number of aromatic nitrogens is 1. The van der Waals surface area contributed by atoms with Crippen LogP contribution in [0.1, 0.15) is 44.9 Å². The molecule has 1 aromatic heterocycles. The van der Waals surface area contributed by atoms with Gasteiger partial charge >= 0.3 is 0 Å². The summed E-state index contributed by atoms with van der Waals surface area (Å²) in [5.74, 6) is -0.249. The number of benzene rings is 2. The van der Waals surface area contributed by atoms with Gasteiger partial charge in [-0.2, -0.15) is 0 Å². The number of pyridine rings is 1. The van der Waals surface area contributed by atoms with E-state index in [0.717, 1.165) is 60.3 Å². The third-order valence-corrected chi connectivity index (χ3v) is 5.73. The van der Waals surface area contributed by atoms with Crippen molar-refractivity contribution in [1.82, 2.24) is 9.88 Å². The predicted molar refractivity (Wildman–Crippen MR) is 132 cm³/mol.